The highest BCUT2D eigenvalue weighted by molar-refractivity contribution is 6.23. The lowest BCUT2D eigenvalue weighted by molar-refractivity contribution is -0.138. The van der Waals surface area contributed by atoms with Crippen LogP contribution in [0.15, 0.2) is 52.7 Å². The van der Waals surface area contributed by atoms with E-state index in [4.69, 9.17) is 9.47 Å². The Morgan fingerprint density at radius 3 is 2.33 bits per heavy atom. The van der Waals surface area contributed by atoms with E-state index < -0.39 is 17.8 Å². The fraction of sp³-hybridized carbons (Fsp3) is 0.357. The number of ether oxygens (including phenoxy) is 2. The van der Waals surface area contributed by atoms with Gasteiger partial charge in [-0.2, -0.15) is 0 Å². The van der Waals surface area contributed by atoms with Gasteiger partial charge >= 0.3 is 0 Å². The van der Waals surface area contributed by atoms with Crippen molar-refractivity contribution in [2.45, 2.75) is 19.8 Å². The first-order valence-electron chi connectivity index (χ1n) is 11.8. The molecule has 8 nitrogen and oxygen atoms in total. The third-order valence-corrected chi connectivity index (χ3v) is 7.81. The Morgan fingerprint density at radius 2 is 1.69 bits per heavy atom. The number of allylic oxidation sites excluding steroid dienone is 7. The number of likely N-dealkylation sites (tertiary alicyclic amines) is 1. The van der Waals surface area contributed by atoms with Crippen molar-refractivity contribution < 1.29 is 33.8 Å². The standard InChI is InChI=1S/C28H27NO7/c1-13-9-20(30)23-16(6-5-14-10-21(35-3)26(32)22(11-14)36-4)15-7-8-17-24(28(34)29(2)27(17)33)18(15)12-19(23)25(13)31/h5-7,9-11,16-18,24,32H,8,12H2,1-4H3. The van der Waals surface area contributed by atoms with Gasteiger partial charge in [0.05, 0.1) is 26.1 Å². The topological polar surface area (TPSA) is 110 Å². The highest BCUT2D eigenvalue weighted by Crippen LogP contribution is 2.52. The van der Waals surface area contributed by atoms with Crippen LogP contribution < -0.4 is 9.47 Å². The first-order valence-corrected chi connectivity index (χ1v) is 11.8. The predicted octanol–water partition coefficient (Wildman–Crippen LogP) is 3.01. The second-order valence-electron chi connectivity index (χ2n) is 9.64. The van der Waals surface area contributed by atoms with Gasteiger partial charge in [0.1, 0.15) is 0 Å². The Balaban J connectivity index is 1.62. The number of carbonyl (C=O) groups is 4. The van der Waals surface area contributed by atoms with Crippen molar-refractivity contribution in [3.63, 3.8) is 0 Å². The summed E-state index contributed by atoms with van der Waals surface area (Å²) in [5, 5.41) is 10.2. The van der Waals surface area contributed by atoms with Crippen LogP contribution in [0.3, 0.4) is 0 Å². The number of hydrogen-bond acceptors (Lipinski definition) is 7. The second kappa shape index (κ2) is 8.62. The highest BCUT2D eigenvalue weighted by Gasteiger charge is 2.54. The van der Waals surface area contributed by atoms with Gasteiger partial charge in [0.25, 0.3) is 0 Å². The minimum Gasteiger partial charge on any atom is -0.502 e. The SMILES string of the molecule is COc1cc(C=CC2C3=CCC4C(=O)N(C)C(=O)C4C3CC3=C2C(=O)C=C(C)C3=O)cc(OC)c1O. The van der Waals surface area contributed by atoms with Crippen LogP contribution in [-0.4, -0.2) is 54.7 Å². The molecule has 0 radical (unpaired) electrons. The van der Waals surface area contributed by atoms with Crippen LogP contribution >= 0.6 is 0 Å². The first-order chi connectivity index (χ1) is 17.2. The number of phenols is 1. The van der Waals surface area contributed by atoms with Crippen LogP contribution in [0.2, 0.25) is 0 Å². The maximum Gasteiger partial charge on any atom is 0.233 e. The van der Waals surface area contributed by atoms with Gasteiger partial charge < -0.3 is 14.6 Å². The normalized spacial score (nSPS) is 27.6. The largest absolute Gasteiger partial charge is 0.502 e. The number of ketones is 2. The summed E-state index contributed by atoms with van der Waals surface area (Å²) < 4.78 is 10.5. The molecule has 4 aliphatic rings. The number of amides is 2. The smallest absolute Gasteiger partial charge is 0.233 e. The summed E-state index contributed by atoms with van der Waals surface area (Å²) in [4.78, 5) is 53.3. The van der Waals surface area contributed by atoms with E-state index in [0.717, 1.165) is 5.57 Å². The van der Waals surface area contributed by atoms with Crippen molar-refractivity contribution in [3.8, 4) is 17.2 Å². The molecule has 0 spiro atoms. The number of fused-ring (bicyclic) bond motifs is 3. The van der Waals surface area contributed by atoms with Crippen LogP contribution in [-0.2, 0) is 19.2 Å². The minimum absolute atomic E-state index is 0.122. The summed E-state index contributed by atoms with van der Waals surface area (Å²) in [5.74, 6) is -2.36. The highest BCUT2D eigenvalue weighted by atomic mass is 16.5. The van der Waals surface area contributed by atoms with Crippen molar-refractivity contribution in [3.05, 3.63) is 58.2 Å². The van der Waals surface area contributed by atoms with Crippen molar-refractivity contribution >= 4 is 29.5 Å². The molecular formula is C28H27NO7. The minimum atomic E-state index is -0.546. The molecule has 4 atom stereocenters. The Hall–Kier alpha value is -3.94. The molecule has 1 N–H and O–H groups in total. The summed E-state index contributed by atoms with van der Waals surface area (Å²) in [6.07, 6.45) is 7.64. The summed E-state index contributed by atoms with van der Waals surface area (Å²) in [5.41, 5.74) is 2.77. The van der Waals surface area contributed by atoms with E-state index in [-0.39, 0.29) is 53.0 Å². The summed E-state index contributed by atoms with van der Waals surface area (Å²) in [7, 11) is 4.37. The first kappa shape index (κ1) is 23.8. The molecular weight excluding hydrogens is 462 g/mol. The summed E-state index contributed by atoms with van der Waals surface area (Å²) in [6, 6.07) is 3.28. The fourth-order valence-corrected chi connectivity index (χ4v) is 6.03. The molecule has 186 valence electrons. The van der Waals surface area contributed by atoms with Crippen molar-refractivity contribution in [1.29, 1.82) is 0 Å². The molecule has 1 aliphatic heterocycles. The molecule has 1 aromatic carbocycles. The van der Waals surface area contributed by atoms with Gasteiger partial charge in [-0.25, -0.2) is 0 Å². The quantitative estimate of drug-likeness (QED) is 0.393. The van der Waals surface area contributed by atoms with E-state index in [0.29, 0.717) is 28.7 Å². The predicted molar refractivity (Wildman–Crippen MR) is 130 cm³/mol. The zero-order valence-corrected chi connectivity index (χ0v) is 20.5. The number of carbonyl (C=O) groups excluding carboxylic acids is 4. The number of aromatic hydroxyl groups is 1. The van der Waals surface area contributed by atoms with Gasteiger partial charge in [-0.05, 0) is 49.5 Å². The zero-order valence-electron chi connectivity index (χ0n) is 20.5. The fourth-order valence-electron chi connectivity index (χ4n) is 6.03. The number of Topliss-reactive ketones (excluding diaryl/α,β-unsaturated/α-hetero) is 1. The molecule has 4 unspecified atom stereocenters. The molecule has 3 aliphatic carbocycles. The van der Waals surface area contributed by atoms with Crippen molar-refractivity contribution in [1.82, 2.24) is 4.90 Å². The molecule has 1 aromatic rings. The van der Waals surface area contributed by atoms with E-state index >= 15 is 0 Å². The Labute approximate surface area is 208 Å². The molecule has 0 saturated carbocycles. The van der Waals surface area contributed by atoms with Gasteiger partial charge in [0.2, 0.25) is 17.6 Å². The van der Waals surface area contributed by atoms with Crippen LogP contribution in [0.5, 0.6) is 17.2 Å². The number of benzene rings is 1. The van der Waals surface area contributed by atoms with Gasteiger partial charge in [-0.1, -0.05) is 23.8 Å². The van der Waals surface area contributed by atoms with Gasteiger partial charge in [-0.3, -0.25) is 24.1 Å². The lowest BCUT2D eigenvalue weighted by Crippen LogP contribution is -2.39. The van der Waals surface area contributed by atoms with E-state index in [9.17, 15) is 24.3 Å². The number of hydrogen-bond donors (Lipinski definition) is 1. The molecule has 0 aromatic heterocycles. The Bertz CT molecular complexity index is 1320. The number of nitrogens with zero attached hydrogens (tertiary/aromatic N) is 1. The Kier molecular flexibility index (Phi) is 5.70. The molecule has 1 fully saturated rings. The molecule has 2 amide bonds. The number of imide groups is 1. The second-order valence-corrected chi connectivity index (χ2v) is 9.64. The maximum atomic E-state index is 13.2. The van der Waals surface area contributed by atoms with E-state index in [2.05, 4.69) is 0 Å². The molecule has 8 heteroatoms. The number of phenolic OH excluding ortho intramolecular Hbond substituents is 1. The van der Waals surface area contributed by atoms with E-state index in [1.165, 1.54) is 32.2 Å². The van der Waals surface area contributed by atoms with E-state index in [1.54, 1.807) is 25.1 Å². The summed E-state index contributed by atoms with van der Waals surface area (Å²) in [6.45, 7) is 1.62. The van der Waals surface area contributed by atoms with Gasteiger partial charge in [-0.15, -0.1) is 0 Å². The van der Waals surface area contributed by atoms with Crippen LogP contribution in [0.1, 0.15) is 25.3 Å². The summed E-state index contributed by atoms with van der Waals surface area (Å²) >= 11 is 0. The lowest BCUT2D eigenvalue weighted by atomic mass is 9.60. The monoisotopic (exact) mass is 489 g/mol. The van der Waals surface area contributed by atoms with E-state index in [1.807, 2.05) is 12.2 Å². The maximum absolute atomic E-state index is 13.2. The molecule has 1 saturated heterocycles. The van der Waals surface area contributed by atoms with Gasteiger partial charge in [0, 0.05) is 29.7 Å². The van der Waals surface area contributed by atoms with Crippen molar-refractivity contribution in [2.24, 2.45) is 23.7 Å². The third-order valence-electron chi connectivity index (χ3n) is 7.81. The van der Waals surface area contributed by atoms with Gasteiger partial charge in [0.15, 0.2) is 23.1 Å². The molecule has 0 bridgehead atoms. The molecule has 5 rings (SSSR count). The average molecular weight is 490 g/mol. The average Bonchev–Trinajstić information content (AvgIpc) is 3.09. The van der Waals surface area contributed by atoms with Crippen LogP contribution in [0, 0.1) is 23.7 Å². The number of methoxy groups -OCH3 is 2. The molecule has 36 heavy (non-hydrogen) atoms. The van der Waals surface area contributed by atoms with Crippen LogP contribution in [0.25, 0.3) is 6.08 Å². The third kappa shape index (κ3) is 3.43. The van der Waals surface area contributed by atoms with Crippen LogP contribution in [0.4, 0.5) is 0 Å². The Morgan fingerprint density at radius 1 is 1.03 bits per heavy atom. The lowest BCUT2D eigenvalue weighted by Gasteiger charge is -2.41. The van der Waals surface area contributed by atoms with Crippen molar-refractivity contribution in [2.75, 3.05) is 21.3 Å². The number of rotatable bonds is 4. The molecule has 1 heterocycles. The zero-order chi connectivity index (χ0) is 25.9.